The van der Waals surface area contributed by atoms with Gasteiger partial charge in [-0.3, -0.25) is 0 Å². The molecule has 0 aliphatic carbocycles. The number of nitrogens with zero attached hydrogens (tertiary/aromatic N) is 2. The molecule has 1 N–H and O–H groups in total. The summed E-state index contributed by atoms with van der Waals surface area (Å²) in [6.07, 6.45) is 2.01. The summed E-state index contributed by atoms with van der Waals surface area (Å²) in [6.45, 7) is 11.6. The fourth-order valence-corrected chi connectivity index (χ4v) is 2.51. The van der Waals surface area contributed by atoms with E-state index in [0.29, 0.717) is 0 Å². The second-order valence-electron chi connectivity index (χ2n) is 5.57. The number of aromatic nitrogens is 2. The van der Waals surface area contributed by atoms with E-state index in [4.69, 9.17) is 9.97 Å². The number of hydrogen-bond acceptors (Lipinski definition) is 3. The van der Waals surface area contributed by atoms with Crippen LogP contribution in [0.15, 0.2) is 18.2 Å². The van der Waals surface area contributed by atoms with Crippen LogP contribution >= 0.6 is 0 Å². The van der Waals surface area contributed by atoms with Crippen LogP contribution in [0.4, 0.5) is 5.82 Å². The Morgan fingerprint density at radius 1 is 1.05 bits per heavy atom. The summed E-state index contributed by atoms with van der Waals surface area (Å²) in [7, 11) is 0. The third-order valence-corrected chi connectivity index (χ3v) is 3.75. The highest BCUT2D eigenvalue weighted by Gasteiger charge is 2.12. The summed E-state index contributed by atoms with van der Waals surface area (Å²) in [4.78, 5) is 9.53. The normalized spacial score (nSPS) is 10.7. The maximum Gasteiger partial charge on any atom is 0.162 e. The second-order valence-corrected chi connectivity index (χ2v) is 5.57. The Bertz CT molecular complexity index is 633. The fraction of sp³-hybridized carbons (Fsp3) is 0.444. The minimum absolute atomic E-state index is 0.827. The minimum Gasteiger partial charge on any atom is -0.370 e. The van der Waals surface area contributed by atoms with E-state index in [1.165, 1.54) is 16.7 Å². The van der Waals surface area contributed by atoms with Crippen LogP contribution in [0.5, 0.6) is 0 Å². The summed E-state index contributed by atoms with van der Waals surface area (Å²) in [6, 6.07) is 6.43. The Labute approximate surface area is 127 Å². The lowest BCUT2D eigenvalue weighted by atomic mass is 10.0. The molecule has 3 nitrogen and oxygen atoms in total. The Kier molecular flexibility index (Phi) is 4.94. The Balaban J connectivity index is 2.52. The lowest BCUT2D eigenvalue weighted by Gasteiger charge is -2.14. The van der Waals surface area contributed by atoms with Gasteiger partial charge in [0.2, 0.25) is 0 Å². The van der Waals surface area contributed by atoms with Gasteiger partial charge in [-0.2, -0.15) is 0 Å². The first-order chi connectivity index (χ1) is 10.1. The van der Waals surface area contributed by atoms with Crippen molar-refractivity contribution in [2.75, 3.05) is 11.9 Å². The topological polar surface area (TPSA) is 37.8 Å². The molecule has 0 atom stereocenters. The van der Waals surface area contributed by atoms with Gasteiger partial charge < -0.3 is 5.32 Å². The van der Waals surface area contributed by atoms with Gasteiger partial charge in [0, 0.05) is 23.4 Å². The van der Waals surface area contributed by atoms with Gasteiger partial charge in [-0.25, -0.2) is 9.97 Å². The minimum atomic E-state index is 0.827. The van der Waals surface area contributed by atoms with Crippen LogP contribution in [0.1, 0.15) is 42.7 Å². The van der Waals surface area contributed by atoms with Crippen molar-refractivity contribution in [3.63, 3.8) is 0 Å². The van der Waals surface area contributed by atoms with E-state index in [1.54, 1.807) is 0 Å². The van der Waals surface area contributed by atoms with Crippen molar-refractivity contribution in [1.82, 2.24) is 9.97 Å². The van der Waals surface area contributed by atoms with Gasteiger partial charge in [-0.05, 0) is 39.2 Å². The summed E-state index contributed by atoms with van der Waals surface area (Å²) >= 11 is 0. The molecule has 2 aromatic rings. The Hall–Kier alpha value is -1.90. The molecule has 3 heteroatoms. The molecular weight excluding hydrogens is 258 g/mol. The van der Waals surface area contributed by atoms with Crippen molar-refractivity contribution in [3.8, 4) is 11.4 Å². The Morgan fingerprint density at radius 3 is 2.43 bits per heavy atom. The van der Waals surface area contributed by atoms with Crippen LogP contribution in [-0.2, 0) is 6.42 Å². The predicted octanol–water partition coefficient (Wildman–Crippen LogP) is 4.45. The zero-order valence-corrected chi connectivity index (χ0v) is 13.7. The SMILES string of the molecule is CCCNc1nc(-c2ccc(C)cc2C)nc(CC)c1C. The molecule has 0 bridgehead atoms. The summed E-state index contributed by atoms with van der Waals surface area (Å²) in [5, 5.41) is 3.43. The van der Waals surface area contributed by atoms with Gasteiger partial charge >= 0.3 is 0 Å². The summed E-state index contributed by atoms with van der Waals surface area (Å²) in [5.41, 5.74) is 5.90. The van der Waals surface area contributed by atoms with Crippen molar-refractivity contribution < 1.29 is 0 Å². The molecule has 0 saturated carbocycles. The monoisotopic (exact) mass is 283 g/mol. The zero-order valence-electron chi connectivity index (χ0n) is 13.7. The molecule has 0 aliphatic rings. The quantitative estimate of drug-likeness (QED) is 0.880. The van der Waals surface area contributed by atoms with Gasteiger partial charge in [0.05, 0.1) is 0 Å². The molecule has 21 heavy (non-hydrogen) atoms. The number of anilines is 1. The summed E-state index contributed by atoms with van der Waals surface area (Å²) in [5.74, 6) is 1.80. The molecule has 2 rings (SSSR count). The van der Waals surface area contributed by atoms with Crippen LogP contribution < -0.4 is 5.32 Å². The molecule has 1 heterocycles. The second kappa shape index (κ2) is 6.70. The molecule has 0 saturated heterocycles. The van der Waals surface area contributed by atoms with Crippen molar-refractivity contribution >= 4 is 5.82 Å². The molecule has 112 valence electrons. The number of rotatable bonds is 5. The highest BCUT2D eigenvalue weighted by Crippen LogP contribution is 2.25. The van der Waals surface area contributed by atoms with Gasteiger partial charge in [-0.1, -0.05) is 37.6 Å². The van der Waals surface area contributed by atoms with E-state index >= 15 is 0 Å². The van der Waals surface area contributed by atoms with Crippen molar-refractivity contribution in [1.29, 1.82) is 0 Å². The Morgan fingerprint density at radius 2 is 1.81 bits per heavy atom. The average Bonchev–Trinajstić information content (AvgIpc) is 2.46. The number of hydrogen-bond donors (Lipinski definition) is 1. The first-order valence-corrected chi connectivity index (χ1v) is 7.75. The average molecular weight is 283 g/mol. The molecule has 0 spiro atoms. The maximum absolute atomic E-state index is 4.77. The van der Waals surface area contributed by atoms with Crippen molar-refractivity contribution in [2.45, 2.75) is 47.5 Å². The number of nitrogens with one attached hydrogen (secondary N) is 1. The van der Waals surface area contributed by atoms with Crippen LogP contribution in [0.25, 0.3) is 11.4 Å². The number of benzene rings is 1. The lowest BCUT2D eigenvalue weighted by molar-refractivity contribution is 0.936. The van der Waals surface area contributed by atoms with Crippen LogP contribution in [0, 0.1) is 20.8 Å². The maximum atomic E-state index is 4.77. The molecular formula is C18H25N3. The molecule has 0 aliphatic heterocycles. The zero-order chi connectivity index (χ0) is 15.4. The molecule has 0 radical (unpaired) electrons. The van der Waals surface area contributed by atoms with E-state index in [9.17, 15) is 0 Å². The third kappa shape index (κ3) is 3.41. The van der Waals surface area contributed by atoms with Crippen LogP contribution in [0.3, 0.4) is 0 Å². The van der Waals surface area contributed by atoms with Crippen LogP contribution in [-0.4, -0.2) is 16.5 Å². The first-order valence-electron chi connectivity index (χ1n) is 7.75. The fourth-order valence-electron chi connectivity index (χ4n) is 2.51. The van der Waals surface area contributed by atoms with Crippen molar-refractivity contribution in [2.24, 2.45) is 0 Å². The van der Waals surface area contributed by atoms with E-state index in [2.05, 4.69) is 58.1 Å². The smallest absolute Gasteiger partial charge is 0.162 e. The van der Waals surface area contributed by atoms with Gasteiger partial charge in [0.25, 0.3) is 0 Å². The highest BCUT2D eigenvalue weighted by atomic mass is 15.0. The molecule has 1 aromatic carbocycles. The third-order valence-electron chi connectivity index (χ3n) is 3.75. The highest BCUT2D eigenvalue weighted by molar-refractivity contribution is 5.63. The van der Waals surface area contributed by atoms with E-state index in [-0.39, 0.29) is 0 Å². The van der Waals surface area contributed by atoms with Crippen LogP contribution in [0.2, 0.25) is 0 Å². The van der Waals surface area contributed by atoms with E-state index < -0.39 is 0 Å². The predicted molar refractivity (Wildman–Crippen MR) is 89.8 cm³/mol. The largest absolute Gasteiger partial charge is 0.370 e. The molecule has 0 unspecified atom stereocenters. The first kappa shape index (κ1) is 15.5. The molecule has 0 fully saturated rings. The van der Waals surface area contributed by atoms with Crippen molar-refractivity contribution in [3.05, 3.63) is 40.6 Å². The van der Waals surface area contributed by atoms with Gasteiger partial charge in [0.1, 0.15) is 5.82 Å². The molecule has 1 aromatic heterocycles. The lowest BCUT2D eigenvalue weighted by Crippen LogP contribution is -2.09. The molecule has 0 amide bonds. The van der Waals surface area contributed by atoms with E-state index in [0.717, 1.165) is 42.3 Å². The van der Waals surface area contributed by atoms with Gasteiger partial charge in [0.15, 0.2) is 5.82 Å². The number of aryl methyl sites for hydroxylation is 3. The standard InChI is InChI=1S/C18H25N3/c1-6-10-19-17-14(5)16(7-2)20-18(21-17)15-9-8-12(3)11-13(15)4/h8-9,11H,6-7,10H2,1-5H3,(H,19,20,21). The summed E-state index contributed by atoms with van der Waals surface area (Å²) < 4.78 is 0. The van der Waals surface area contributed by atoms with Gasteiger partial charge in [-0.15, -0.1) is 0 Å². The van der Waals surface area contributed by atoms with E-state index in [1.807, 2.05) is 0 Å².